The van der Waals surface area contributed by atoms with Crippen LogP contribution in [-0.4, -0.2) is 31.2 Å². The molecule has 2 aromatic rings. The maximum absolute atomic E-state index is 5.76. The minimum atomic E-state index is 0.582. The number of benzene rings is 1. The second-order valence-electron chi connectivity index (χ2n) is 6.66. The monoisotopic (exact) mass is 368 g/mol. The first-order chi connectivity index (χ1) is 13.3. The van der Waals surface area contributed by atoms with Gasteiger partial charge in [0.05, 0.1) is 20.3 Å². The van der Waals surface area contributed by atoms with Gasteiger partial charge in [-0.25, -0.2) is 9.98 Å². The number of nitrogens with zero attached hydrogens (tertiary/aromatic N) is 2. The van der Waals surface area contributed by atoms with Crippen LogP contribution in [0.4, 0.5) is 0 Å². The lowest BCUT2D eigenvalue weighted by atomic mass is 10.2. The molecule has 0 unspecified atom stereocenters. The highest BCUT2D eigenvalue weighted by atomic mass is 16.5. The van der Waals surface area contributed by atoms with Crippen molar-refractivity contribution in [3.63, 3.8) is 0 Å². The molecule has 1 saturated carbocycles. The van der Waals surface area contributed by atoms with E-state index in [-0.39, 0.29) is 0 Å². The smallest absolute Gasteiger partial charge is 0.213 e. The van der Waals surface area contributed by atoms with Crippen LogP contribution >= 0.6 is 0 Å². The number of aromatic nitrogens is 1. The molecule has 2 N–H and O–H groups in total. The average Bonchev–Trinajstić information content (AvgIpc) is 3.53. The summed E-state index contributed by atoms with van der Waals surface area (Å²) in [6, 6.07) is 11.9. The van der Waals surface area contributed by atoms with Gasteiger partial charge in [-0.3, -0.25) is 0 Å². The van der Waals surface area contributed by atoms with Gasteiger partial charge in [0.25, 0.3) is 0 Å². The first-order valence-electron chi connectivity index (χ1n) is 9.49. The lowest BCUT2D eigenvalue weighted by Gasteiger charge is -2.12. The fourth-order valence-electron chi connectivity index (χ4n) is 2.60. The third kappa shape index (κ3) is 6.47. The third-order valence-corrected chi connectivity index (χ3v) is 4.32. The van der Waals surface area contributed by atoms with Crippen LogP contribution < -0.4 is 20.1 Å². The molecule has 1 aromatic carbocycles. The molecule has 1 heterocycles. The van der Waals surface area contributed by atoms with Crippen molar-refractivity contribution in [2.45, 2.75) is 32.9 Å². The molecule has 0 saturated heterocycles. The summed E-state index contributed by atoms with van der Waals surface area (Å²) < 4.78 is 11.0. The Labute approximate surface area is 161 Å². The van der Waals surface area contributed by atoms with Gasteiger partial charge in [-0.2, -0.15) is 0 Å². The van der Waals surface area contributed by atoms with E-state index in [4.69, 9.17) is 9.47 Å². The molecule has 1 aromatic heterocycles. The SMILES string of the molecule is CCNC(=NCc1cccc(OC)c1)NCc1ccnc(OCC2CC2)c1. The summed E-state index contributed by atoms with van der Waals surface area (Å²) in [5.74, 6) is 3.03. The number of methoxy groups -OCH3 is 1. The number of hydrogen-bond acceptors (Lipinski definition) is 4. The summed E-state index contributed by atoms with van der Waals surface area (Å²) in [5.41, 5.74) is 2.22. The topological polar surface area (TPSA) is 67.8 Å². The van der Waals surface area contributed by atoms with Gasteiger partial charge in [-0.15, -0.1) is 0 Å². The molecular weight excluding hydrogens is 340 g/mol. The quantitative estimate of drug-likeness (QED) is 0.526. The lowest BCUT2D eigenvalue weighted by molar-refractivity contribution is 0.288. The molecule has 6 nitrogen and oxygen atoms in total. The van der Waals surface area contributed by atoms with Crippen molar-refractivity contribution in [2.75, 3.05) is 20.3 Å². The van der Waals surface area contributed by atoms with E-state index >= 15 is 0 Å². The van der Waals surface area contributed by atoms with E-state index in [1.54, 1.807) is 13.3 Å². The molecule has 0 spiro atoms. The zero-order valence-electron chi connectivity index (χ0n) is 16.1. The Hall–Kier alpha value is -2.76. The Balaban J connectivity index is 1.56. The Bertz CT molecular complexity index is 759. The second-order valence-corrected chi connectivity index (χ2v) is 6.66. The van der Waals surface area contributed by atoms with E-state index in [0.29, 0.717) is 19.0 Å². The maximum Gasteiger partial charge on any atom is 0.213 e. The number of pyridine rings is 1. The molecule has 3 rings (SSSR count). The highest BCUT2D eigenvalue weighted by Crippen LogP contribution is 2.29. The summed E-state index contributed by atoms with van der Waals surface area (Å²) in [4.78, 5) is 8.94. The van der Waals surface area contributed by atoms with Gasteiger partial charge in [0.1, 0.15) is 5.75 Å². The molecule has 0 bridgehead atoms. The average molecular weight is 368 g/mol. The van der Waals surface area contributed by atoms with Crippen LogP contribution in [0.1, 0.15) is 30.9 Å². The van der Waals surface area contributed by atoms with Crippen molar-refractivity contribution < 1.29 is 9.47 Å². The molecule has 6 heteroatoms. The van der Waals surface area contributed by atoms with Gasteiger partial charge in [0.15, 0.2) is 5.96 Å². The third-order valence-electron chi connectivity index (χ3n) is 4.32. The highest BCUT2D eigenvalue weighted by molar-refractivity contribution is 5.79. The normalized spacial score (nSPS) is 13.9. The van der Waals surface area contributed by atoms with Crippen molar-refractivity contribution in [3.05, 3.63) is 53.7 Å². The zero-order valence-corrected chi connectivity index (χ0v) is 16.1. The molecule has 0 aliphatic heterocycles. The van der Waals surface area contributed by atoms with Gasteiger partial charge in [-0.1, -0.05) is 12.1 Å². The van der Waals surface area contributed by atoms with Crippen LogP contribution in [0, 0.1) is 5.92 Å². The highest BCUT2D eigenvalue weighted by Gasteiger charge is 2.22. The Morgan fingerprint density at radius 2 is 2.07 bits per heavy atom. The number of aliphatic imine (C=N–C) groups is 1. The van der Waals surface area contributed by atoms with Gasteiger partial charge in [0, 0.05) is 25.4 Å². The van der Waals surface area contributed by atoms with E-state index < -0.39 is 0 Å². The Morgan fingerprint density at radius 1 is 1.19 bits per heavy atom. The molecule has 0 amide bonds. The molecule has 27 heavy (non-hydrogen) atoms. The number of hydrogen-bond donors (Lipinski definition) is 2. The van der Waals surface area contributed by atoms with Crippen LogP contribution in [-0.2, 0) is 13.1 Å². The Morgan fingerprint density at radius 3 is 2.85 bits per heavy atom. The van der Waals surface area contributed by atoms with Gasteiger partial charge in [0.2, 0.25) is 5.88 Å². The standard InChI is InChI=1S/C21H28N4O2/c1-3-22-21(24-13-17-5-4-6-19(11-17)26-2)25-14-18-9-10-23-20(12-18)27-15-16-7-8-16/h4-6,9-12,16H,3,7-8,13-15H2,1-2H3,(H2,22,24,25). The molecule has 0 radical (unpaired) electrons. The van der Waals surface area contributed by atoms with E-state index in [1.165, 1.54) is 12.8 Å². The minimum absolute atomic E-state index is 0.582. The van der Waals surface area contributed by atoms with Gasteiger partial charge in [-0.05, 0) is 55.0 Å². The van der Waals surface area contributed by atoms with Crippen molar-refractivity contribution >= 4 is 5.96 Å². The summed E-state index contributed by atoms with van der Waals surface area (Å²) in [7, 11) is 1.67. The van der Waals surface area contributed by atoms with E-state index in [9.17, 15) is 0 Å². The van der Waals surface area contributed by atoms with Crippen molar-refractivity contribution in [1.29, 1.82) is 0 Å². The van der Waals surface area contributed by atoms with Crippen molar-refractivity contribution in [1.82, 2.24) is 15.6 Å². The van der Waals surface area contributed by atoms with Crippen LogP contribution in [0.2, 0.25) is 0 Å². The van der Waals surface area contributed by atoms with Gasteiger partial charge < -0.3 is 20.1 Å². The second kappa shape index (κ2) is 9.80. The van der Waals surface area contributed by atoms with Crippen LogP contribution in [0.15, 0.2) is 47.6 Å². The predicted molar refractivity (Wildman–Crippen MR) is 107 cm³/mol. The molecule has 144 valence electrons. The van der Waals surface area contributed by atoms with Crippen LogP contribution in [0.25, 0.3) is 0 Å². The summed E-state index contributed by atoms with van der Waals surface area (Å²) in [6.07, 6.45) is 4.34. The fraction of sp³-hybridized carbons (Fsp3) is 0.429. The van der Waals surface area contributed by atoms with Crippen molar-refractivity contribution in [3.8, 4) is 11.6 Å². The lowest BCUT2D eigenvalue weighted by Crippen LogP contribution is -2.36. The molecular formula is C21H28N4O2. The van der Waals surface area contributed by atoms with E-state index in [0.717, 1.165) is 41.9 Å². The van der Waals surface area contributed by atoms with E-state index in [1.807, 2.05) is 36.4 Å². The first-order valence-corrected chi connectivity index (χ1v) is 9.49. The zero-order chi connectivity index (χ0) is 18.9. The number of ether oxygens (including phenoxy) is 2. The molecule has 1 aliphatic rings. The summed E-state index contributed by atoms with van der Waals surface area (Å²) in [5, 5.41) is 6.64. The number of nitrogens with one attached hydrogen (secondary N) is 2. The summed E-state index contributed by atoms with van der Waals surface area (Å²) >= 11 is 0. The number of rotatable bonds is 9. The van der Waals surface area contributed by atoms with Crippen LogP contribution in [0.3, 0.4) is 0 Å². The number of guanidine groups is 1. The van der Waals surface area contributed by atoms with Crippen LogP contribution in [0.5, 0.6) is 11.6 Å². The minimum Gasteiger partial charge on any atom is -0.497 e. The largest absolute Gasteiger partial charge is 0.497 e. The first kappa shape index (κ1) is 19.0. The molecule has 0 atom stereocenters. The van der Waals surface area contributed by atoms with Gasteiger partial charge >= 0.3 is 0 Å². The fourth-order valence-corrected chi connectivity index (χ4v) is 2.60. The maximum atomic E-state index is 5.76. The summed E-state index contributed by atoms with van der Waals surface area (Å²) in [6.45, 7) is 4.87. The molecule has 1 fully saturated rings. The molecule has 1 aliphatic carbocycles. The Kier molecular flexibility index (Phi) is 6.90. The van der Waals surface area contributed by atoms with Crippen molar-refractivity contribution in [2.24, 2.45) is 10.9 Å². The predicted octanol–water partition coefficient (Wildman–Crippen LogP) is 3.13. The van der Waals surface area contributed by atoms with E-state index in [2.05, 4.69) is 27.5 Å².